The number of rotatable bonds is 5. The normalized spacial score (nSPS) is 17.2. The number of carboxylic acid groups (broad SMARTS) is 1. The Labute approximate surface area is 206 Å². The fourth-order valence-corrected chi connectivity index (χ4v) is 5.04. The monoisotopic (exact) mass is 512 g/mol. The van der Waals surface area contributed by atoms with Gasteiger partial charge in [0.25, 0.3) is 0 Å². The van der Waals surface area contributed by atoms with Gasteiger partial charge in [0.05, 0.1) is 34.3 Å². The number of sulfone groups is 1. The minimum Gasteiger partial charge on any atom is -0.504 e. The maximum Gasteiger partial charge on any atom is 0.407 e. The molecule has 0 saturated carbocycles. The summed E-state index contributed by atoms with van der Waals surface area (Å²) in [6.45, 7) is 2.34. The van der Waals surface area contributed by atoms with Crippen molar-refractivity contribution < 1.29 is 32.6 Å². The van der Waals surface area contributed by atoms with Crippen LogP contribution in [0.15, 0.2) is 49.9 Å². The highest BCUT2D eigenvalue weighted by molar-refractivity contribution is 7.90. The van der Waals surface area contributed by atoms with Crippen molar-refractivity contribution in [2.24, 2.45) is 10.2 Å². The van der Waals surface area contributed by atoms with Crippen LogP contribution in [0.25, 0.3) is 22.7 Å². The predicted molar refractivity (Wildman–Crippen MR) is 131 cm³/mol. The van der Waals surface area contributed by atoms with Crippen molar-refractivity contribution in [1.82, 2.24) is 9.80 Å². The standard InChI is InChI=1S/C24H24N4O7S/c1-34-20-6-4-15-22(29)21(12-19-16-11-14(36(2,32)33)3-5-18(16)25-26-19)35-23(15)17(20)13-27-7-9-28(10-8-27)24(30)31/h3-6,11-12,29H,7-10,13H2,1-2H3,(H,30,31). The number of methoxy groups -OCH3 is 1. The Balaban J connectivity index is 1.51. The number of aromatic hydroxyl groups is 1. The lowest BCUT2D eigenvalue weighted by molar-refractivity contribution is 0.102. The molecule has 188 valence electrons. The van der Waals surface area contributed by atoms with Gasteiger partial charge in [-0.3, -0.25) is 4.90 Å². The van der Waals surface area contributed by atoms with E-state index in [4.69, 9.17) is 9.15 Å². The van der Waals surface area contributed by atoms with Gasteiger partial charge in [-0.2, -0.15) is 0 Å². The van der Waals surface area contributed by atoms with E-state index in [1.165, 1.54) is 23.1 Å². The van der Waals surface area contributed by atoms with Crippen LogP contribution < -0.4 is 4.74 Å². The van der Waals surface area contributed by atoms with Crippen molar-refractivity contribution in [3.8, 4) is 11.5 Å². The molecule has 1 amide bonds. The largest absolute Gasteiger partial charge is 0.504 e. The summed E-state index contributed by atoms with van der Waals surface area (Å²) in [4.78, 5) is 14.8. The number of piperazine rings is 1. The SMILES string of the molecule is COc1ccc2c(O)c(C=C3N=Nc4ccc(S(C)(=O)=O)cc43)oc2c1CN1CCN(C(=O)O)CC1. The summed E-state index contributed by atoms with van der Waals surface area (Å²) in [6, 6.07) is 8.01. The molecule has 0 unspecified atom stereocenters. The van der Waals surface area contributed by atoms with Crippen LogP contribution in [-0.2, 0) is 16.4 Å². The number of hydrogen-bond donors (Lipinski definition) is 2. The summed E-state index contributed by atoms with van der Waals surface area (Å²) < 4.78 is 35.6. The molecule has 1 saturated heterocycles. The zero-order valence-corrected chi connectivity index (χ0v) is 20.4. The van der Waals surface area contributed by atoms with Crippen molar-refractivity contribution in [1.29, 1.82) is 0 Å². The molecule has 3 aromatic rings. The Morgan fingerprint density at radius 3 is 2.58 bits per heavy atom. The van der Waals surface area contributed by atoms with E-state index < -0.39 is 15.9 Å². The third-order valence-corrected chi connectivity index (χ3v) is 7.48. The number of ether oxygens (including phenoxy) is 1. The molecule has 12 heteroatoms. The van der Waals surface area contributed by atoms with Gasteiger partial charge in [-0.25, -0.2) is 13.2 Å². The topological polar surface area (TPSA) is 145 Å². The molecule has 1 fully saturated rings. The number of benzene rings is 2. The molecule has 0 radical (unpaired) electrons. The molecular formula is C24H24N4O7S. The lowest BCUT2D eigenvalue weighted by Gasteiger charge is -2.33. The zero-order chi connectivity index (χ0) is 25.6. The van der Waals surface area contributed by atoms with Gasteiger partial charge in [0.15, 0.2) is 21.3 Å². The summed E-state index contributed by atoms with van der Waals surface area (Å²) in [5, 5.41) is 28.9. The van der Waals surface area contributed by atoms with Crippen molar-refractivity contribution in [2.75, 3.05) is 39.5 Å². The molecule has 11 nitrogen and oxygen atoms in total. The van der Waals surface area contributed by atoms with Crippen LogP contribution in [0.4, 0.5) is 10.5 Å². The molecule has 0 atom stereocenters. The average Bonchev–Trinajstić information content (AvgIpc) is 3.40. The van der Waals surface area contributed by atoms with Gasteiger partial charge in [0, 0.05) is 50.6 Å². The van der Waals surface area contributed by atoms with E-state index in [2.05, 4.69) is 15.1 Å². The first-order chi connectivity index (χ1) is 17.2. The maximum atomic E-state index is 12.0. The summed E-state index contributed by atoms with van der Waals surface area (Å²) in [5.74, 6) is 0.654. The zero-order valence-electron chi connectivity index (χ0n) is 19.6. The third-order valence-electron chi connectivity index (χ3n) is 6.37. The van der Waals surface area contributed by atoms with E-state index in [0.29, 0.717) is 66.4 Å². The minimum absolute atomic E-state index is 0.0833. The van der Waals surface area contributed by atoms with Crippen LogP contribution in [0.3, 0.4) is 0 Å². The van der Waals surface area contributed by atoms with E-state index in [9.17, 15) is 23.4 Å². The molecule has 36 heavy (non-hydrogen) atoms. The van der Waals surface area contributed by atoms with Crippen LogP contribution in [0.2, 0.25) is 0 Å². The number of nitrogens with zero attached hydrogens (tertiary/aromatic N) is 4. The summed E-state index contributed by atoms with van der Waals surface area (Å²) in [5.41, 5.74) is 2.58. The lowest BCUT2D eigenvalue weighted by Crippen LogP contribution is -2.47. The minimum atomic E-state index is -3.42. The van der Waals surface area contributed by atoms with Crippen LogP contribution in [0.1, 0.15) is 16.9 Å². The Morgan fingerprint density at radius 2 is 1.92 bits per heavy atom. The quantitative estimate of drug-likeness (QED) is 0.523. The highest BCUT2D eigenvalue weighted by atomic mass is 32.2. The van der Waals surface area contributed by atoms with Gasteiger partial charge in [-0.1, -0.05) is 0 Å². The Kier molecular flexibility index (Phi) is 5.92. The van der Waals surface area contributed by atoms with E-state index in [1.807, 2.05) is 0 Å². The summed E-state index contributed by atoms with van der Waals surface area (Å²) >= 11 is 0. The van der Waals surface area contributed by atoms with Crippen LogP contribution in [0, 0.1) is 0 Å². The third kappa shape index (κ3) is 4.29. The maximum absolute atomic E-state index is 12.0. The molecule has 2 N–H and O–H groups in total. The van der Waals surface area contributed by atoms with E-state index in [1.54, 1.807) is 25.3 Å². The number of fused-ring (bicyclic) bond motifs is 2. The molecule has 2 aliphatic heterocycles. The molecule has 0 aliphatic carbocycles. The first kappa shape index (κ1) is 23.8. The van der Waals surface area contributed by atoms with Gasteiger partial charge in [0.1, 0.15) is 11.3 Å². The first-order valence-electron chi connectivity index (χ1n) is 11.1. The average molecular weight is 513 g/mol. The number of amides is 1. The molecule has 0 bridgehead atoms. The Bertz CT molecular complexity index is 1530. The second kappa shape index (κ2) is 8.95. The molecule has 0 spiro atoms. The smallest absolute Gasteiger partial charge is 0.407 e. The first-order valence-corrected chi connectivity index (χ1v) is 13.0. The molecule has 5 rings (SSSR count). The van der Waals surface area contributed by atoms with E-state index in [-0.39, 0.29) is 16.4 Å². The van der Waals surface area contributed by atoms with Crippen molar-refractivity contribution in [2.45, 2.75) is 11.4 Å². The fourth-order valence-electron chi connectivity index (χ4n) is 4.39. The summed E-state index contributed by atoms with van der Waals surface area (Å²) in [6.07, 6.45) is 1.72. The van der Waals surface area contributed by atoms with Gasteiger partial charge in [0.2, 0.25) is 0 Å². The van der Waals surface area contributed by atoms with Crippen molar-refractivity contribution >= 4 is 44.4 Å². The molecule has 2 aromatic carbocycles. The van der Waals surface area contributed by atoms with Gasteiger partial charge in [-0.15, -0.1) is 10.2 Å². The van der Waals surface area contributed by atoms with Gasteiger partial charge < -0.3 is 24.3 Å². The second-order valence-electron chi connectivity index (χ2n) is 8.66. The molecule has 1 aromatic heterocycles. The van der Waals surface area contributed by atoms with Crippen molar-refractivity contribution in [3.63, 3.8) is 0 Å². The number of hydrogen-bond acceptors (Lipinski definition) is 9. The van der Waals surface area contributed by atoms with Gasteiger partial charge in [-0.05, 0) is 30.3 Å². The van der Waals surface area contributed by atoms with Gasteiger partial charge >= 0.3 is 6.09 Å². The molecular weight excluding hydrogens is 488 g/mol. The van der Waals surface area contributed by atoms with Crippen molar-refractivity contribution in [3.05, 3.63) is 47.2 Å². The second-order valence-corrected chi connectivity index (χ2v) is 10.7. The Morgan fingerprint density at radius 1 is 1.17 bits per heavy atom. The molecule has 2 aliphatic rings. The predicted octanol–water partition coefficient (Wildman–Crippen LogP) is 3.94. The lowest BCUT2D eigenvalue weighted by atomic mass is 10.1. The van der Waals surface area contributed by atoms with E-state index >= 15 is 0 Å². The number of azo groups is 1. The summed E-state index contributed by atoms with van der Waals surface area (Å²) in [7, 11) is -1.87. The van der Waals surface area contributed by atoms with Crippen LogP contribution in [0.5, 0.6) is 11.5 Å². The Hall–Kier alpha value is -3.90. The fraction of sp³-hybridized carbons (Fsp3) is 0.292. The van der Waals surface area contributed by atoms with Crippen LogP contribution >= 0.6 is 0 Å². The molecule has 3 heterocycles. The van der Waals surface area contributed by atoms with E-state index in [0.717, 1.165) is 11.8 Å². The highest BCUT2D eigenvalue weighted by Gasteiger charge is 2.25. The highest BCUT2D eigenvalue weighted by Crippen LogP contribution is 2.42. The number of carbonyl (C=O) groups is 1. The van der Waals surface area contributed by atoms with Crippen LogP contribution in [-0.4, -0.2) is 74.1 Å². The number of furan rings is 1.